The molecule has 0 aliphatic carbocycles. The second-order valence-corrected chi connectivity index (χ2v) is 7.38. The monoisotopic (exact) mass is 363 g/mol. The van der Waals surface area contributed by atoms with Crippen molar-refractivity contribution >= 4 is 38.9 Å². The number of aryl methyl sites for hydroxylation is 3. The third kappa shape index (κ3) is 2.68. The first-order chi connectivity index (χ1) is 12.4. The Hall–Kier alpha value is -2.99. The number of aromatic nitrogens is 2. The third-order valence-electron chi connectivity index (χ3n) is 4.53. The van der Waals surface area contributed by atoms with Crippen LogP contribution in [0.25, 0.3) is 16.0 Å². The molecule has 0 atom stereocenters. The van der Waals surface area contributed by atoms with E-state index in [0.29, 0.717) is 9.84 Å². The summed E-state index contributed by atoms with van der Waals surface area (Å²) in [6, 6.07) is 12.8. The van der Waals surface area contributed by atoms with Crippen molar-refractivity contribution in [3.63, 3.8) is 0 Å². The minimum atomic E-state index is -0.302. The van der Waals surface area contributed by atoms with Crippen LogP contribution in [0.5, 0.6) is 0 Å². The first-order valence-electron chi connectivity index (χ1n) is 8.24. The van der Waals surface area contributed by atoms with Crippen LogP contribution in [-0.4, -0.2) is 15.3 Å². The number of anilines is 1. The second-order valence-electron chi connectivity index (χ2n) is 6.37. The molecule has 1 N–H and O–H groups in total. The molecule has 2 aromatic heterocycles. The van der Waals surface area contributed by atoms with Crippen molar-refractivity contribution in [3.8, 4) is 0 Å². The van der Waals surface area contributed by atoms with Crippen molar-refractivity contribution in [1.29, 1.82) is 0 Å². The van der Waals surface area contributed by atoms with Crippen LogP contribution in [0.3, 0.4) is 0 Å². The maximum absolute atomic E-state index is 12.6. The lowest BCUT2D eigenvalue weighted by Gasteiger charge is -2.07. The number of benzene rings is 2. The first kappa shape index (κ1) is 16.5. The van der Waals surface area contributed by atoms with Gasteiger partial charge in [-0.05, 0) is 55.7 Å². The average molecular weight is 363 g/mol. The lowest BCUT2D eigenvalue weighted by Crippen LogP contribution is -2.17. The summed E-state index contributed by atoms with van der Waals surface area (Å²) in [6.45, 7) is 5.95. The van der Waals surface area contributed by atoms with Crippen molar-refractivity contribution in [2.75, 3.05) is 5.32 Å². The zero-order valence-electron chi connectivity index (χ0n) is 14.7. The van der Waals surface area contributed by atoms with E-state index in [4.69, 9.17) is 0 Å². The third-order valence-corrected chi connectivity index (χ3v) is 5.51. The molecule has 4 aromatic rings. The number of amides is 1. The standard InChI is InChI=1S/C20H17N3O2S/c1-11-6-4-5-7-14(11)21-19(25)17-10-18(24)23-16-9-13(3)12(2)8-15(16)22-20(23)26-17/h4-10H,1-3H3,(H,21,25). The van der Waals surface area contributed by atoms with Crippen LogP contribution in [0, 0.1) is 20.8 Å². The zero-order valence-corrected chi connectivity index (χ0v) is 15.5. The molecule has 0 fully saturated rings. The van der Waals surface area contributed by atoms with Crippen LogP contribution in [0.4, 0.5) is 5.69 Å². The lowest BCUT2D eigenvalue weighted by atomic mass is 10.1. The molecule has 2 aromatic carbocycles. The van der Waals surface area contributed by atoms with Crippen LogP contribution >= 0.6 is 11.3 Å². The van der Waals surface area contributed by atoms with Crippen molar-refractivity contribution in [1.82, 2.24) is 9.38 Å². The van der Waals surface area contributed by atoms with Gasteiger partial charge in [0.1, 0.15) is 4.88 Å². The van der Waals surface area contributed by atoms with Gasteiger partial charge in [0.25, 0.3) is 11.5 Å². The van der Waals surface area contributed by atoms with E-state index in [1.807, 2.05) is 57.2 Å². The number of carbonyl (C=O) groups excluding carboxylic acids is 1. The maximum Gasteiger partial charge on any atom is 0.266 e. The van der Waals surface area contributed by atoms with E-state index in [-0.39, 0.29) is 11.5 Å². The summed E-state index contributed by atoms with van der Waals surface area (Å²) >= 11 is 1.21. The number of carbonyl (C=O) groups is 1. The summed E-state index contributed by atoms with van der Waals surface area (Å²) in [5, 5.41) is 2.87. The summed E-state index contributed by atoms with van der Waals surface area (Å²) in [6.07, 6.45) is 0. The van der Waals surface area contributed by atoms with Gasteiger partial charge in [-0.2, -0.15) is 0 Å². The Morgan fingerprint density at radius 1 is 1.04 bits per heavy atom. The Morgan fingerprint density at radius 3 is 2.54 bits per heavy atom. The SMILES string of the molecule is Cc1cc2nc3sc(C(=O)Nc4ccccc4C)cc(=O)n3c2cc1C. The molecule has 0 spiro atoms. The number of hydrogen-bond acceptors (Lipinski definition) is 4. The van der Waals surface area contributed by atoms with E-state index in [1.54, 1.807) is 4.40 Å². The molecule has 0 aliphatic heterocycles. The van der Waals surface area contributed by atoms with Crippen LogP contribution in [0.2, 0.25) is 0 Å². The molecule has 130 valence electrons. The molecule has 0 aliphatic rings. The zero-order chi connectivity index (χ0) is 18.4. The van der Waals surface area contributed by atoms with Gasteiger partial charge < -0.3 is 5.32 Å². The smallest absolute Gasteiger partial charge is 0.266 e. The summed E-state index contributed by atoms with van der Waals surface area (Å²) in [7, 11) is 0. The first-order valence-corrected chi connectivity index (χ1v) is 9.06. The van der Waals surface area contributed by atoms with Crippen molar-refractivity contribution < 1.29 is 4.79 Å². The number of para-hydroxylation sites is 1. The average Bonchev–Trinajstić information content (AvgIpc) is 2.95. The summed E-state index contributed by atoms with van der Waals surface area (Å²) < 4.78 is 1.57. The highest BCUT2D eigenvalue weighted by Gasteiger charge is 2.15. The Morgan fingerprint density at radius 2 is 1.77 bits per heavy atom. The summed E-state index contributed by atoms with van der Waals surface area (Å²) in [5.41, 5.74) is 5.21. The van der Waals surface area contributed by atoms with Gasteiger partial charge in [-0.1, -0.05) is 29.5 Å². The highest BCUT2D eigenvalue weighted by atomic mass is 32.1. The van der Waals surface area contributed by atoms with E-state index in [0.717, 1.165) is 33.4 Å². The molecule has 5 nitrogen and oxygen atoms in total. The largest absolute Gasteiger partial charge is 0.321 e. The number of hydrogen-bond donors (Lipinski definition) is 1. The number of fused-ring (bicyclic) bond motifs is 3. The molecule has 0 bridgehead atoms. The highest BCUT2D eigenvalue weighted by molar-refractivity contribution is 7.18. The van der Waals surface area contributed by atoms with Crippen LogP contribution < -0.4 is 10.9 Å². The fraction of sp³-hybridized carbons (Fsp3) is 0.150. The molecule has 0 saturated carbocycles. The Labute approximate surface area is 153 Å². The number of imidazole rings is 1. The van der Waals surface area contributed by atoms with E-state index in [2.05, 4.69) is 10.3 Å². The molecule has 26 heavy (non-hydrogen) atoms. The normalized spacial score (nSPS) is 11.2. The quantitative estimate of drug-likeness (QED) is 0.583. The van der Waals surface area contributed by atoms with Crippen LogP contribution in [-0.2, 0) is 0 Å². The fourth-order valence-electron chi connectivity index (χ4n) is 2.91. The number of rotatable bonds is 2. The Kier molecular flexibility index (Phi) is 3.85. The minimum absolute atomic E-state index is 0.251. The minimum Gasteiger partial charge on any atom is -0.321 e. The Balaban J connectivity index is 1.82. The predicted octanol–water partition coefficient (Wildman–Crippen LogP) is 4.09. The summed E-state index contributed by atoms with van der Waals surface area (Å²) in [5.74, 6) is -0.302. The highest BCUT2D eigenvalue weighted by Crippen LogP contribution is 2.23. The van der Waals surface area contributed by atoms with E-state index in [9.17, 15) is 9.59 Å². The molecular formula is C20H17N3O2S. The lowest BCUT2D eigenvalue weighted by molar-refractivity contribution is 0.103. The van der Waals surface area contributed by atoms with Crippen molar-refractivity contribution in [2.24, 2.45) is 0 Å². The van der Waals surface area contributed by atoms with Crippen molar-refractivity contribution in [2.45, 2.75) is 20.8 Å². The van der Waals surface area contributed by atoms with Gasteiger partial charge >= 0.3 is 0 Å². The van der Waals surface area contributed by atoms with E-state index in [1.165, 1.54) is 17.4 Å². The van der Waals surface area contributed by atoms with Crippen molar-refractivity contribution in [3.05, 3.63) is 74.4 Å². The maximum atomic E-state index is 12.6. The fourth-order valence-corrected chi connectivity index (χ4v) is 3.83. The number of nitrogens with zero attached hydrogens (tertiary/aromatic N) is 2. The van der Waals surface area contributed by atoms with E-state index < -0.39 is 0 Å². The molecule has 0 saturated heterocycles. The van der Waals surface area contributed by atoms with Crippen LogP contribution in [0.1, 0.15) is 26.4 Å². The Bertz CT molecular complexity index is 1240. The predicted molar refractivity (Wildman–Crippen MR) is 105 cm³/mol. The summed E-state index contributed by atoms with van der Waals surface area (Å²) in [4.78, 5) is 30.7. The van der Waals surface area contributed by atoms with Gasteiger partial charge in [0.05, 0.1) is 11.0 Å². The molecular weight excluding hydrogens is 346 g/mol. The van der Waals surface area contributed by atoms with Gasteiger partial charge in [0.2, 0.25) is 0 Å². The van der Waals surface area contributed by atoms with Gasteiger partial charge in [-0.25, -0.2) is 4.98 Å². The van der Waals surface area contributed by atoms with Gasteiger partial charge in [0, 0.05) is 11.8 Å². The van der Waals surface area contributed by atoms with Gasteiger partial charge in [-0.15, -0.1) is 0 Å². The second kappa shape index (κ2) is 6.07. The molecule has 1 amide bonds. The van der Waals surface area contributed by atoms with Gasteiger partial charge in [-0.3, -0.25) is 14.0 Å². The van der Waals surface area contributed by atoms with Gasteiger partial charge in [0.15, 0.2) is 4.96 Å². The molecule has 4 rings (SSSR count). The number of nitrogens with one attached hydrogen (secondary N) is 1. The van der Waals surface area contributed by atoms with Crippen LogP contribution in [0.15, 0.2) is 47.3 Å². The van der Waals surface area contributed by atoms with E-state index >= 15 is 0 Å². The molecule has 6 heteroatoms. The molecule has 2 heterocycles. The molecule has 0 unspecified atom stereocenters. The topological polar surface area (TPSA) is 63.5 Å². The molecule has 0 radical (unpaired) electrons.